The first-order valence-corrected chi connectivity index (χ1v) is 11.2. The number of aryl methyl sites for hydroxylation is 1. The van der Waals surface area contributed by atoms with Gasteiger partial charge in [0.1, 0.15) is 4.83 Å². The highest BCUT2D eigenvalue weighted by molar-refractivity contribution is 7.71. The lowest BCUT2D eigenvalue weighted by Crippen LogP contribution is -2.27. The van der Waals surface area contributed by atoms with Gasteiger partial charge in [0.15, 0.2) is 0 Å². The van der Waals surface area contributed by atoms with Crippen molar-refractivity contribution in [3.05, 3.63) is 61.5 Å². The van der Waals surface area contributed by atoms with Gasteiger partial charge in [-0.3, -0.25) is 9.36 Å². The molecule has 0 amide bonds. The second kappa shape index (κ2) is 6.64. The van der Waals surface area contributed by atoms with Crippen molar-refractivity contribution in [3.8, 4) is 0 Å². The zero-order chi connectivity index (χ0) is 20.3. The smallest absolute Gasteiger partial charge is 0.264 e. The minimum atomic E-state index is 0.0389. The third kappa shape index (κ3) is 2.99. The molecule has 5 rings (SSSR count). The molecule has 3 aromatic heterocycles. The van der Waals surface area contributed by atoms with Crippen molar-refractivity contribution in [2.24, 2.45) is 11.3 Å². The summed E-state index contributed by atoms with van der Waals surface area (Å²) in [5.74, 6) is 1.21. The van der Waals surface area contributed by atoms with Crippen LogP contribution in [0.25, 0.3) is 16.0 Å². The van der Waals surface area contributed by atoms with E-state index in [2.05, 4.69) is 31.0 Å². The van der Waals surface area contributed by atoms with Crippen LogP contribution in [-0.4, -0.2) is 19.2 Å². The number of aromatic amines is 1. The number of fused-ring (bicyclic) bond motifs is 5. The van der Waals surface area contributed by atoms with Crippen LogP contribution in [-0.2, 0) is 19.4 Å². The van der Waals surface area contributed by atoms with E-state index in [9.17, 15) is 4.79 Å². The number of nitrogens with zero attached hydrogens (tertiary/aromatic N) is 3. The maximum atomic E-state index is 13.6. The molecule has 0 bridgehead atoms. The number of hydrogen-bond donors (Lipinski definition) is 1. The first-order valence-electron chi connectivity index (χ1n) is 10.0. The predicted octanol–water partition coefficient (Wildman–Crippen LogP) is 4.97. The average Bonchev–Trinajstić information content (AvgIpc) is 3.25. The Labute approximate surface area is 178 Å². The van der Waals surface area contributed by atoms with Crippen molar-refractivity contribution >= 4 is 39.5 Å². The molecular formula is C22H24N4OS2. The summed E-state index contributed by atoms with van der Waals surface area (Å²) >= 11 is 7.26. The minimum Gasteiger partial charge on any atom is -0.272 e. The number of aromatic nitrogens is 4. The summed E-state index contributed by atoms with van der Waals surface area (Å²) in [5.41, 5.74) is 2.60. The van der Waals surface area contributed by atoms with E-state index in [1.165, 1.54) is 10.4 Å². The first kappa shape index (κ1) is 18.8. The molecule has 1 atom stereocenters. The second-order valence-corrected chi connectivity index (χ2v) is 10.5. The summed E-state index contributed by atoms with van der Waals surface area (Å²) in [6.07, 6.45) is 3.10. The summed E-state index contributed by atoms with van der Waals surface area (Å²) < 4.78 is 4.24. The lowest BCUT2D eigenvalue weighted by Gasteiger charge is -2.33. The molecular weight excluding hydrogens is 400 g/mol. The molecule has 1 aliphatic carbocycles. The monoisotopic (exact) mass is 424 g/mol. The van der Waals surface area contributed by atoms with Crippen molar-refractivity contribution in [1.82, 2.24) is 19.2 Å². The summed E-state index contributed by atoms with van der Waals surface area (Å²) in [4.78, 5) is 15.9. The van der Waals surface area contributed by atoms with Gasteiger partial charge < -0.3 is 0 Å². The quantitative estimate of drug-likeness (QED) is 0.462. The number of thiophene rings is 1. The first-order chi connectivity index (χ1) is 13.8. The van der Waals surface area contributed by atoms with Crippen LogP contribution in [0.15, 0.2) is 35.1 Å². The Morgan fingerprint density at radius 2 is 2.03 bits per heavy atom. The van der Waals surface area contributed by atoms with E-state index >= 15 is 0 Å². The highest BCUT2D eigenvalue weighted by Gasteiger charge is 2.32. The van der Waals surface area contributed by atoms with Crippen LogP contribution < -0.4 is 5.56 Å². The minimum absolute atomic E-state index is 0.0389. The van der Waals surface area contributed by atoms with Crippen molar-refractivity contribution in [2.75, 3.05) is 0 Å². The number of nitrogens with one attached hydrogen (secondary N) is 1. The molecule has 1 aliphatic rings. The van der Waals surface area contributed by atoms with Gasteiger partial charge in [0.25, 0.3) is 5.56 Å². The Morgan fingerprint density at radius 1 is 1.28 bits per heavy atom. The van der Waals surface area contributed by atoms with Crippen molar-refractivity contribution in [2.45, 2.75) is 46.6 Å². The van der Waals surface area contributed by atoms with Gasteiger partial charge in [-0.15, -0.1) is 16.4 Å². The fourth-order valence-electron chi connectivity index (χ4n) is 4.48. The Balaban J connectivity index is 1.77. The Morgan fingerprint density at radius 3 is 2.76 bits per heavy atom. The lowest BCUT2D eigenvalue weighted by molar-refractivity contribution is 0.218. The van der Waals surface area contributed by atoms with Crippen molar-refractivity contribution in [3.63, 3.8) is 0 Å². The molecule has 0 radical (unpaired) electrons. The molecule has 0 aliphatic heterocycles. The van der Waals surface area contributed by atoms with Gasteiger partial charge in [-0.05, 0) is 53.9 Å². The number of benzene rings is 1. The van der Waals surface area contributed by atoms with Gasteiger partial charge in [0.05, 0.1) is 11.9 Å². The van der Waals surface area contributed by atoms with Gasteiger partial charge >= 0.3 is 0 Å². The predicted molar refractivity (Wildman–Crippen MR) is 121 cm³/mol. The Kier molecular flexibility index (Phi) is 4.29. The number of hydrogen-bond acceptors (Lipinski definition) is 4. The van der Waals surface area contributed by atoms with Crippen molar-refractivity contribution in [1.29, 1.82) is 0 Å². The number of H-pyrrole nitrogens is 1. The SMILES string of the molecule is CC(C)(C)C1CCc2c(sc3c2c(=O)n(Cc2ccccc2)c2n[nH]c(=S)n32)C1. The number of rotatable bonds is 2. The van der Waals surface area contributed by atoms with Crippen LogP contribution in [0.4, 0.5) is 0 Å². The highest BCUT2D eigenvalue weighted by Crippen LogP contribution is 2.42. The van der Waals surface area contributed by atoms with E-state index in [-0.39, 0.29) is 11.0 Å². The standard InChI is InChI=1S/C22H24N4OS2/c1-22(2,3)14-9-10-15-16(11-14)29-19-17(15)18(27)25(12-13-7-5-4-6-8-13)20-23-24-21(28)26(19)20/h4-8,14H,9-12H2,1-3H3,(H,24,28). The third-order valence-corrected chi connectivity index (χ3v) is 7.73. The van der Waals surface area contributed by atoms with Gasteiger partial charge in [0.2, 0.25) is 10.5 Å². The normalized spacial score (nSPS) is 17.1. The van der Waals surface area contributed by atoms with E-state index in [1.54, 1.807) is 15.9 Å². The van der Waals surface area contributed by atoms with Gasteiger partial charge in [0, 0.05) is 4.88 Å². The van der Waals surface area contributed by atoms with E-state index in [0.717, 1.165) is 35.0 Å². The van der Waals surface area contributed by atoms with Gasteiger partial charge in [-0.25, -0.2) is 9.50 Å². The Bertz CT molecular complexity index is 1340. The average molecular weight is 425 g/mol. The molecule has 1 unspecified atom stereocenters. The molecule has 0 fully saturated rings. The molecule has 29 heavy (non-hydrogen) atoms. The molecule has 0 saturated heterocycles. The van der Waals surface area contributed by atoms with Crippen molar-refractivity contribution < 1.29 is 0 Å². The fraction of sp³-hybridized carbons (Fsp3) is 0.409. The van der Waals surface area contributed by atoms with E-state index in [1.807, 2.05) is 34.7 Å². The second-order valence-electron chi connectivity index (χ2n) is 9.03. The van der Waals surface area contributed by atoms with E-state index < -0.39 is 0 Å². The van der Waals surface area contributed by atoms with Crippen LogP contribution >= 0.6 is 23.6 Å². The Hall–Kier alpha value is -2.25. The molecule has 4 aromatic rings. The van der Waals surface area contributed by atoms with Crippen LogP contribution in [0.1, 0.15) is 43.2 Å². The van der Waals surface area contributed by atoms with Crippen LogP contribution in [0.3, 0.4) is 0 Å². The van der Waals surface area contributed by atoms with Crippen LogP contribution in [0.2, 0.25) is 0 Å². The van der Waals surface area contributed by atoms with Gasteiger partial charge in [-0.2, -0.15) is 0 Å². The third-order valence-electron chi connectivity index (χ3n) is 6.21. The largest absolute Gasteiger partial charge is 0.272 e. The van der Waals surface area contributed by atoms with E-state index in [0.29, 0.717) is 23.0 Å². The molecule has 0 spiro atoms. The lowest BCUT2D eigenvalue weighted by atomic mass is 9.72. The summed E-state index contributed by atoms with van der Waals surface area (Å²) in [6.45, 7) is 7.42. The molecule has 0 saturated carbocycles. The zero-order valence-corrected chi connectivity index (χ0v) is 18.5. The van der Waals surface area contributed by atoms with E-state index in [4.69, 9.17) is 12.2 Å². The summed E-state index contributed by atoms with van der Waals surface area (Å²) in [7, 11) is 0. The molecule has 7 heteroatoms. The van der Waals surface area contributed by atoms with Crippen LogP contribution in [0, 0.1) is 16.1 Å². The van der Waals surface area contributed by atoms with Crippen LogP contribution in [0.5, 0.6) is 0 Å². The topological polar surface area (TPSA) is 55.1 Å². The zero-order valence-electron chi connectivity index (χ0n) is 16.9. The summed E-state index contributed by atoms with van der Waals surface area (Å²) in [6, 6.07) is 10.0. The highest BCUT2D eigenvalue weighted by atomic mass is 32.1. The molecule has 150 valence electrons. The van der Waals surface area contributed by atoms with Gasteiger partial charge in [-0.1, -0.05) is 51.1 Å². The maximum absolute atomic E-state index is 13.6. The fourth-order valence-corrected chi connectivity index (χ4v) is 6.17. The molecule has 1 N–H and O–H groups in total. The molecule has 5 nitrogen and oxygen atoms in total. The maximum Gasteiger partial charge on any atom is 0.264 e. The molecule has 3 heterocycles. The molecule has 1 aromatic carbocycles. The summed E-state index contributed by atoms with van der Waals surface area (Å²) in [5, 5.41) is 8.13.